The number of aryl methyl sites for hydroxylation is 1. The number of amides is 1. The van der Waals surface area contributed by atoms with Crippen LogP contribution in [0.15, 0.2) is 42.6 Å². The summed E-state index contributed by atoms with van der Waals surface area (Å²) in [5, 5.41) is 0. The predicted octanol–water partition coefficient (Wildman–Crippen LogP) is 2.25. The van der Waals surface area contributed by atoms with Gasteiger partial charge in [0.25, 0.3) is 5.91 Å². The van der Waals surface area contributed by atoms with Gasteiger partial charge in [-0.05, 0) is 31.2 Å². The van der Waals surface area contributed by atoms with Gasteiger partial charge in [0.15, 0.2) is 5.82 Å². The highest BCUT2D eigenvalue weighted by Crippen LogP contribution is 2.19. The SMILES string of the molecule is Cc1cccc(C(=O)N(C)c2ncccc2N)c1. The molecule has 0 radical (unpaired) electrons. The molecule has 4 nitrogen and oxygen atoms in total. The first-order valence-corrected chi connectivity index (χ1v) is 5.65. The summed E-state index contributed by atoms with van der Waals surface area (Å²) < 4.78 is 0. The molecule has 0 atom stereocenters. The Kier molecular flexibility index (Phi) is 3.28. The third-order valence-electron chi connectivity index (χ3n) is 2.70. The van der Waals surface area contributed by atoms with E-state index < -0.39 is 0 Å². The number of nitrogen functional groups attached to an aromatic ring is 1. The van der Waals surface area contributed by atoms with E-state index in [-0.39, 0.29) is 5.91 Å². The average molecular weight is 241 g/mol. The van der Waals surface area contributed by atoms with E-state index in [1.54, 1.807) is 31.4 Å². The van der Waals surface area contributed by atoms with Crippen LogP contribution in [0.25, 0.3) is 0 Å². The third-order valence-corrected chi connectivity index (χ3v) is 2.70. The summed E-state index contributed by atoms with van der Waals surface area (Å²) in [5.74, 6) is 0.355. The van der Waals surface area contributed by atoms with Gasteiger partial charge in [0.2, 0.25) is 0 Å². The Labute approximate surface area is 106 Å². The summed E-state index contributed by atoms with van der Waals surface area (Å²) >= 11 is 0. The van der Waals surface area contributed by atoms with Gasteiger partial charge in [0, 0.05) is 18.8 Å². The molecule has 18 heavy (non-hydrogen) atoms. The molecule has 0 aliphatic rings. The minimum atomic E-state index is -0.121. The molecule has 0 saturated carbocycles. The number of pyridine rings is 1. The summed E-state index contributed by atoms with van der Waals surface area (Å²) in [5.41, 5.74) is 7.97. The molecule has 0 spiro atoms. The molecule has 92 valence electrons. The van der Waals surface area contributed by atoms with Crippen molar-refractivity contribution < 1.29 is 4.79 Å². The summed E-state index contributed by atoms with van der Waals surface area (Å²) in [7, 11) is 1.67. The van der Waals surface area contributed by atoms with Crippen molar-refractivity contribution in [3.05, 3.63) is 53.7 Å². The van der Waals surface area contributed by atoms with E-state index in [2.05, 4.69) is 4.98 Å². The molecule has 4 heteroatoms. The highest BCUT2D eigenvalue weighted by Gasteiger charge is 2.16. The van der Waals surface area contributed by atoms with Gasteiger partial charge in [-0.25, -0.2) is 4.98 Å². The van der Waals surface area contributed by atoms with Crippen molar-refractivity contribution in [3.8, 4) is 0 Å². The maximum absolute atomic E-state index is 12.3. The number of hydrogen-bond acceptors (Lipinski definition) is 3. The zero-order chi connectivity index (χ0) is 13.1. The maximum atomic E-state index is 12.3. The largest absolute Gasteiger partial charge is 0.396 e. The number of carbonyl (C=O) groups is 1. The van der Waals surface area contributed by atoms with Crippen LogP contribution in [-0.4, -0.2) is 17.9 Å². The zero-order valence-electron chi connectivity index (χ0n) is 10.4. The van der Waals surface area contributed by atoms with E-state index in [9.17, 15) is 4.79 Å². The fourth-order valence-corrected chi connectivity index (χ4v) is 1.76. The Bertz CT molecular complexity index is 581. The van der Waals surface area contributed by atoms with Gasteiger partial charge in [-0.1, -0.05) is 17.7 Å². The first-order chi connectivity index (χ1) is 8.59. The number of aromatic nitrogens is 1. The second-order valence-corrected chi connectivity index (χ2v) is 4.15. The van der Waals surface area contributed by atoms with Crippen LogP contribution in [0.4, 0.5) is 11.5 Å². The quantitative estimate of drug-likeness (QED) is 0.877. The van der Waals surface area contributed by atoms with Crippen LogP contribution < -0.4 is 10.6 Å². The molecular formula is C14H15N3O. The Morgan fingerprint density at radius 3 is 2.72 bits per heavy atom. The number of carbonyl (C=O) groups excluding carboxylic acids is 1. The molecular weight excluding hydrogens is 226 g/mol. The van der Waals surface area contributed by atoms with Crippen molar-refractivity contribution in [1.29, 1.82) is 0 Å². The van der Waals surface area contributed by atoms with Crippen molar-refractivity contribution in [3.63, 3.8) is 0 Å². The molecule has 1 heterocycles. The van der Waals surface area contributed by atoms with Crippen molar-refractivity contribution in [2.24, 2.45) is 0 Å². The standard InChI is InChI=1S/C14H15N3O/c1-10-5-3-6-11(9-10)14(18)17(2)13-12(15)7-4-8-16-13/h3-9H,15H2,1-2H3. The Balaban J connectivity index is 2.32. The molecule has 0 aliphatic heterocycles. The Hall–Kier alpha value is -2.36. The van der Waals surface area contributed by atoms with Gasteiger partial charge in [-0.15, -0.1) is 0 Å². The first-order valence-electron chi connectivity index (χ1n) is 5.65. The first kappa shape index (κ1) is 12.1. The van der Waals surface area contributed by atoms with E-state index in [4.69, 9.17) is 5.73 Å². The average Bonchev–Trinajstić information content (AvgIpc) is 2.37. The van der Waals surface area contributed by atoms with Gasteiger partial charge < -0.3 is 5.73 Å². The molecule has 1 amide bonds. The van der Waals surface area contributed by atoms with E-state index in [0.29, 0.717) is 17.1 Å². The van der Waals surface area contributed by atoms with Crippen LogP contribution in [0.5, 0.6) is 0 Å². The molecule has 2 rings (SSSR count). The normalized spacial score (nSPS) is 10.1. The second-order valence-electron chi connectivity index (χ2n) is 4.15. The molecule has 2 aromatic rings. The molecule has 2 N–H and O–H groups in total. The molecule has 0 fully saturated rings. The molecule has 0 saturated heterocycles. The van der Waals surface area contributed by atoms with Crippen LogP contribution >= 0.6 is 0 Å². The van der Waals surface area contributed by atoms with Gasteiger partial charge in [-0.3, -0.25) is 9.69 Å². The molecule has 1 aromatic heterocycles. The van der Waals surface area contributed by atoms with Gasteiger partial charge >= 0.3 is 0 Å². The number of rotatable bonds is 2. The van der Waals surface area contributed by atoms with Gasteiger partial charge in [0.05, 0.1) is 5.69 Å². The van der Waals surface area contributed by atoms with E-state index in [1.165, 1.54) is 4.90 Å². The van der Waals surface area contributed by atoms with Crippen LogP contribution in [0, 0.1) is 6.92 Å². The fourth-order valence-electron chi connectivity index (χ4n) is 1.76. The minimum Gasteiger partial charge on any atom is -0.396 e. The molecule has 0 aliphatic carbocycles. The van der Waals surface area contributed by atoms with Crippen LogP contribution in [0.3, 0.4) is 0 Å². The summed E-state index contributed by atoms with van der Waals surface area (Å²) in [6, 6.07) is 10.9. The minimum absolute atomic E-state index is 0.121. The third kappa shape index (κ3) is 2.32. The van der Waals surface area contributed by atoms with Crippen molar-refractivity contribution in [2.75, 3.05) is 17.7 Å². The van der Waals surface area contributed by atoms with Gasteiger partial charge in [-0.2, -0.15) is 0 Å². The van der Waals surface area contributed by atoms with Crippen LogP contribution in [0.1, 0.15) is 15.9 Å². The lowest BCUT2D eigenvalue weighted by Crippen LogP contribution is -2.27. The monoisotopic (exact) mass is 241 g/mol. The zero-order valence-corrected chi connectivity index (χ0v) is 10.4. The van der Waals surface area contributed by atoms with Gasteiger partial charge in [0.1, 0.15) is 0 Å². The number of anilines is 2. The highest BCUT2D eigenvalue weighted by atomic mass is 16.2. The lowest BCUT2D eigenvalue weighted by molar-refractivity contribution is 0.0992. The number of nitrogens with two attached hydrogens (primary N) is 1. The van der Waals surface area contributed by atoms with E-state index in [0.717, 1.165) is 5.56 Å². The number of benzene rings is 1. The Morgan fingerprint density at radius 2 is 2.06 bits per heavy atom. The predicted molar refractivity (Wildman–Crippen MR) is 72.6 cm³/mol. The maximum Gasteiger partial charge on any atom is 0.259 e. The van der Waals surface area contributed by atoms with E-state index >= 15 is 0 Å². The highest BCUT2D eigenvalue weighted by molar-refractivity contribution is 6.06. The summed E-state index contributed by atoms with van der Waals surface area (Å²) in [6.07, 6.45) is 1.62. The van der Waals surface area contributed by atoms with Crippen LogP contribution in [0.2, 0.25) is 0 Å². The lowest BCUT2D eigenvalue weighted by Gasteiger charge is -2.17. The summed E-state index contributed by atoms with van der Waals surface area (Å²) in [6.45, 7) is 1.95. The molecule has 1 aromatic carbocycles. The smallest absolute Gasteiger partial charge is 0.259 e. The summed E-state index contributed by atoms with van der Waals surface area (Å²) in [4.78, 5) is 17.9. The molecule has 0 bridgehead atoms. The topological polar surface area (TPSA) is 59.2 Å². The number of nitrogens with zero attached hydrogens (tertiary/aromatic N) is 2. The second kappa shape index (κ2) is 4.87. The van der Waals surface area contributed by atoms with Crippen LogP contribution in [-0.2, 0) is 0 Å². The van der Waals surface area contributed by atoms with Crippen molar-refractivity contribution >= 4 is 17.4 Å². The van der Waals surface area contributed by atoms with Crippen molar-refractivity contribution in [1.82, 2.24) is 4.98 Å². The fraction of sp³-hybridized carbons (Fsp3) is 0.143. The van der Waals surface area contributed by atoms with E-state index in [1.807, 2.05) is 25.1 Å². The Morgan fingerprint density at radius 1 is 1.28 bits per heavy atom. The molecule has 0 unspecified atom stereocenters. The van der Waals surface area contributed by atoms with Crippen molar-refractivity contribution in [2.45, 2.75) is 6.92 Å². The number of hydrogen-bond donors (Lipinski definition) is 1. The lowest BCUT2D eigenvalue weighted by atomic mass is 10.1.